The third-order valence-corrected chi connectivity index (χ3v) is 4.41. The molecular formula is C14H22CuN4O8. The molecule has 0 bridgehead atoms. The quantitative estimate of drug-likeness (QED) is 0.306. The van der Waals surface area contributed by atoms with Gasteiger partial charge in [0.2, 0.25) is 0 Å². The van der Waals surface area contributed by atoms with Gasteiger partial charge >= 0.3 is 29.0 Å². The van der Waals surface area contributed by atoms with Crippen LogP contribution in [0.2, 0.25) is 0 Å². The van der Waals surface area contributed by atoms with E-state index in [1.54, 1.807) is 0 Å². The van der Waals surface area contributed by atoms with Crippen LogP contribution < -0.4 is 10.6 Å². The summed E-state index contributed by atoms with van der Waals surface area (Å²) in [6.45, 7) is 0.513. The van der Waals surface area contributed by atoms with E-state index >= 15 is 0 Å². The van der Waals surface area contributed by atoms with Crippen LogP contribution in [0.5, 0.6) is 0 Å². The fourth-order valence-corrected chi connectivity index (χ4v) is 2.70. The smallest absolute Gasteiger partial charge is 0.662 e. The van der Waals surface area contributed by atoms with E-state index in [1.807, 2.05) is 0 Å². The van der Waals surface area contributed by atoms with E-state index in [0.29, 0.717) is 0 Å². The van der Waals surface area contributed by atoms with E-state index < -0.39 is 47.0 Å². The minimum Gasteiger partial charge on any atom is -0.662 e. The monoisotopic (exact) mass is 437 g/mol. The first-order valence-electron chi connectivity index (χ1n) is 7.80. The number of carboxylic acids is 4. The number of piperidine rings is 2. The van der Waals surface area contributed by atoms with E-state index in [0.717, 1.165) is 0 Å². The number of aliphatic carboxylic acids is 4. The van der Waals surface area contributed by atoms with Crippen molar-refractivity contribution in [2.75, 3.05) is 13.1 Å². The van der Waals surface area contributed by atoms with Gasteiger partial charge in [-0.3, -0.25) is 19.2 Å². The SMILES string of the molecule is [Cu+2].[NH-]C1(C(=O)O)CCNC(C(=O)O)C1.[NH-]C1(C(=O)O)CCNC(C(=O)O)C1. The molecule has 2 fully saturated rings. The Kier molecular flexibility index (Phi) is 9.32. The van der Waals surface area contributed by atoms with Gasteiger partial charge in [-0.2, -0.15) is 0 Å². The summed E-state index contributed by atoms with van der Waals surface area (Å²) >= 11 is 0. The zero-order valence-corrected chi connectivity index (χ0v) is 15.1. The van der Waals surface area contributed by atoms with Crippen LogP contribution in [0.1, 0.15) is 25.7 Å². The molecular weight excluding hydrogens is 416 g/mol. The van der Waals surface area contributed by atoms with Gasteiger partial charge in [-0.1, -0.05) is 0 Å². The Balaban J connectivity index is 0.000000483. The first kappa shape index (κ1) is 25.2. The molecule has 0 aromatic rings. The van der Waals surface area contributed by atoms with Gasteiger partial charge in [-0.15, -0.1) is 0 Å². The molecule has 0 aliphatic carbocycles. The van der Waals surface area contributed by atoms with Gasteiger partial charge in [0.25, 0.3) is 11.9 Å². The van der Waals surface area contributed by atoms with Crippen LogP contribution in [0, 0.1) is 0 Å². The Morgan fingerprint density at radius 2 is 1.04 bits per heavy atom. The standard InChI is InChI=1S/2C7H11N2O4.Cu/c2*8-7(6(12)13)1-2-9-4(3-7)5(10)11;/h2*4,8-9H,1-3H2,(H,10,11)(H,12,13);/q2*-1;+2. The number of carboxylic acid groups (broad SMARTS) is 4. The van der Waals surface area contributed by atoms with Crippen molar-refractivity contribution in [3.05, 3.63) is 11.5 Å². The fraction of sp³-hybridized carbons (Fsp3) is 0.714. The van der Waals surface area contributed by atoms with Crippen molar-refractivity contribution in [1.29, 1.82) is 0 Å². The largest absolute Gasteiger partial charge is 2.00 e. The van der Waals surface area contributed by atoms with Gasteiger partial charge in [0, 0.05) is 0 Å². The molecule has 0 saturated carbocycles. The molecule has 0 aromatic heterocycles. The van der Waals surface area contributed by atoms with E-state index in [1.165, 1.54) is 0 Å². The summed E-state index contributed by atoms with van der Waals surface area (Å²) in [7, 11) is 0. The van der Waals surface area contributed by atoms with Crippen LogP contribution in [0.25, 0.3) is 11.5 Å². The second-order valence-corrected chi connectivity index (χ2v) is 6.37. The van der Waals surface area contributed by atoms with Gasteiger partial charge in [0.1, 0.15) is 12.1 Å². The van der Waals surface area contributed by atoms with Gasteiger partial charge in [0.05, 0.1) is 0 Å². The molecule has 2 aliphatic rings. The van der Waals surface area contributed by atoms with Crippen LogP contribution in [-0.4, -0.2) is 80.6 Å². The summed E-state index contributed by atoms with van der Waals surface area (Å²) in [6, 6.07) is -1.83. The molecule has 4 unspecified atom stereocenters. The summed E-state index contributed by atoms with van der Waals surface area (Å²) < 4.78 is 0. The molecule has 0 amide bonds. The van der Waals surface area contributed by atoms with E-state index in [4.69, 9.17) is 31.9 Å². The van der Waals surface area contributed by atoms with Crippen molar-refractivity contribution >= 4 is 23.9 Å². The van der Waals surface area contributed by atoms with Crippen LogP contribution in [-0.2, 0) is 36.2 Å². The van der Waals surface area contributed by atoms with E-state index in [-0.39, 0.29) is 55.8 Å². The molecule has 1 radical (unpaired) electrons. The zero-order valence-electron chi connectivity index (χ0n) is 14.1. The summed E-state index contributed by atoms with van der Waals surface area (Å²) in [6.07, 6.45) is -0.0758. The van der Waals surface area contributed by atoms with Crippen molar-refractivity contribution in [1.82, 2.24) is 10.6 Å². The normalized spacial score (nSPS) is 32.8. The number of carbonyl (C=O) groups is 4. The van der Waals surface area contributed by atoms with Crippen LogP contribution in [0.4, 0.5) is 0 Å². The Hall–Kier alpha value is -1.76. The van der Waals surface area contributed by atoms with Crippen molar-refractivity contribution in [2.45, 2.75) is 48.8 Å². The molecule has 2 aliphatic heterocycles. The molecule has 2 saturated heterocycles. The maximum Gasteiger partial charge on any atom is 2.00 e. The summed E-state index contributed by atoms with van der Waals surface area (Å²) in [5.41, 5.74) is 11.7. The van der Waals surface area contributed by atoms with Gasteiger partial charge in [-0.25, -0.2) is 0 Å². The number of hydrogen-bond acceptors (Lipinski definition) is 6. The molecule has 13 heteroatoms. The molecule has 157 valence electrons. The topological polar surface area (TPSA) is 221 Å². The Morgan fingerprint density at radius 3 is 1.26 bits per heavy atom. The van der Waals surface area contributed by atoms with Gasteiger partial charge in [0.15, 0.2) is 0 Å². The third-order valence-electron chi connectivity index (χ3n) is 4.41. The first-order chi connectivity index (χ1) is 11.9. The number of rotatable bonds is 4. The molecule has 12 nitrogen and oxygen atoms in total. The average molecular weight is 438 g/mol. The van der Waals surface area contributed by atoms with Crippen molar-refractivity contribution in [3.63, 3.8) is 0 Å². The minimum absolute atomic E-state index is 0. The van der Waals surface area contributed by atoms with E-state index in [2.05, 4.69) is 10.6 Å². The van der Waals surface area contributed by atoms with E-state index in [9.17, 15) is 19.2 Å². The zero-order chi connectivity index (χ0) is 20.1. The average Bonchev–Trinajstić information content (AvgIpc) is 2.55. The van der Waals surface area contributed by atoms with Crippen molar-refractivity contribution in [2.24, 2.45) is 0 Å². The van der Waals surface area contributed by atoms with Crippen molar-refractivity contribution in [3.8, 4) is 0 Å². The number of hydrogen-bond donors (Lipinski definition) is 6. The fourth-order valence-electron chi connectivity index (χ4n) is 2.70. The summed E-state index contributed by atoms with van der Waals surface area (Å²) in [5, 5.41) is 39.9. The summed E-state index contributed by atoms with van der Waals surface area (Å²) in [4.78, 5) is 42.3. The van der Waals surface area contributed by atoms with Crippen LogP contribution in [0.15, 0.2) is 0 Å². The van der Waals surface area contributed by atoms with Crippen molar-refractivity contribution < 1.29 is 56.7 Å². The predicted molar refractivity (Wildman–Crippen MR) is 86.7 cm³/mol. The molecule has 4 atom stereocenters. The third kappa shape index (κ3) is 6.72. The predicted octanol–water partition coefficient (Wildman–Crippen LogP) is -0.605. The molecule has 8 N–H and O–H groups in total. The van der Waals surface area contributed by atoms with Crippen LogP contribution >= 0.6 is 0 Å². The Bertz CT molecular complexity index is 541. The summed E-state index contributed by atoms with van der Waals surface area (Å²) in [5.74, 6) is -4.70. The van der Waals surface area contributed by atoms with Gasteiger partial charge < -0.3 is 42.5 Å². The van der Waals surface area contributed by atoms with Gasteiger partial charge in [-0.05, 0) is 49.9 Å². The first-order valence-corrected chi connectivity index (χ1v) is 7.80. The second-order valence-electron chi connectivity index (χ2n) is 6.37. The molecule has 0 spiro atoms. The molecule has 0 aromatic carbocycles. The minimum atomic E-state index is -1.64. The maximum absolute atomic E-state index is 10.6. The number of nitrogens with one attached hydrogen (secondary N) is 4. The molecule has 2 heterocycles. The Labute approximate surface area is 165 Å². The molecule has 27 heavy (non-hydrogen) atoms. The second kappa shape index (κ2) is 9.97. The molecule has 2 rings (SSSR count). The van der Waals surface area contributed by atoms with Crippen LogP contribution in [0.3, 0.4) is 0 Å². The maximum atomic E-state index is 10.6. The Morgan fingerprint density at radius 1 is 0.741 bits per heavy atom.